The van der Waals surface area contributed by atoms with Crippen molar-refractivity contribution in [3.8, 4) is 5.75 Å². The van der Waals surface area contributed by atoms with Crippen molar-refractivity contribution in [1.82, 2.24) is 4.72 Å². The summed E-state index contributed by atoms with van der Waals surface area (Å²) in [7, 11) is -2.15. The second-order valence-electron chi connectivity index (χ2n) is 5.22. The Balaban J connectivity index is 2.66. The fraction of sp³-hybridized carbons (Fsp3) is 0.538. The zero-order valence-corrected chi connectivity index (χ0v) is 13.1. The molecule has 0 aliphatic heterocycles. The number of hydrogen-bond acceptors (Lipinski definition) is 5. The minimum absolute atomic E-state index is 0.107. The van der Waals surface area contributed by atoms with Crippen molar-refractivity contribution >= 4 is 15.7 Å². The summed E-state index contributed by atoms with van der Waals surface area (Å²) < 4.78 is 36.4. The molecule has 0 aliphatic rings. The first-order valence-electron chi connectivity index (χ1n) is 6.25. The average molecular weight is 302 g/mol. The number of anilines is 1. The van der Waals surface area contributed by atoms with Gasteiger partial charge in [-0.25, -0.2) is 13.1 Å². The van der Waals surface area contributed by atoms with Crippen molar-refractivity contribution in [2.75, 3.05) is 26.0 Å². The fourth-order valence-corrected chi connectivity index (χ4v) is 2.21. The van der Waals surface area contributed by atoms with Crippen LogP contribution in [0.1, 0.15) is 20.8 Å². The Bertz CT molecular complexity index is 550. The Morgan fingerprint density at radius 1 is 1.25 bits per heavy atom. The van der Waals surface area contributed by atoms with E-state index in [-0.39, 0.29) is 16.2 Å². The van der Waals surface area contributed by atoms with Crippen LogP contribution in [-0.4, -0.2) is 34.3 Å². The molecule has 0 heterocycles. The second-order valence-corrected chi connectivity index (χ2v) is 7.10. The molecule has 6 nitrogen and oxygen atoms in total. The summed E-state index contributed by atoms with van der Waals surface area (Å²) in [4.78, 5) is 0.107. The summed E-state index contributed by atoms with van der Waals surface area (Å²) in [6, 6.07) is 4.35. The molecular formula is C13H22N2O4S. The first-order chi connectivity index (χ1) is 9.15. The minimum atomic E-state index is -3.49. The van der Waals surface area contributed by atoms with Crippen LogP contribution in [0.5, 0.6) is 5.75 Å². The highest BCUT2D eigenvalue weighted by Crippen LogP contribution is 2.24. The van der Waals surface area contributed by atoms with Crippen LogP contribution >= 0.6 is 0 Å². The third-order valence-electron chi connectivity index (χ3n) is 2.44. The number of nitrogens with one attached hydrogen (secondary N) is 1. The Labute approximate surface area is 120 Å². The normalized spacial score (nSPS) is 12.4. The predicted octanol–water partition coefficient (Wildman–Crippen LogP) is 1.37. The lowest BCUT2D eigenvalue weighted by Crippen LogP contribution is -2.22. The predicted molar refractivity (Wildman–Crippen MR) is 78.3 cm³/mol. The van der Waals surface area contributed by atoms with Crippen molar-refractivity contribution in [1.29, 1.82) is 0 Å². The molecule has 3 N–H and O–H groups in total. The lowest BCUT2D eigenvalue weighted by molar-refractivity contribution is -0.0162. The van der Waals surface area contributed by atoms with Crippen LogP contribution in [0.15, 0.2) is 23.1 Å². The van der Waals surface area contributed by atoms with E-state index in [0.717, 1.165) is 0 Å². The second kappa shape index (κ2) is 6.43. The molecular weight excluding hydrogens is 280 g/mol. The van der Waals surface area contributed by atoms with Gasteiger partial charge in [-0.1, -0.05) is 0 Å². The molecule has 1 aromatic rings. The van der Waals surface area contributed by atoms with Gasteiger partial charge in [-0.3, -0.25) is 0 Å². The largest absolute Gasteiger partial charge is 0.489 e. The highest BCUT2D eigenvalue weighted by atomic mass is 32.2. The van der Waals surface area contributed by atoms with Crippen molar-refractivity contribution in [2.45, 2.75) is 31.3 Å². The van der Waals surface area contributed by atoms with Gasteiger partial charge in [-0.15, -0.1) is 0 Å². The zero-order valence-electron chi connectivity index (χ0n) is 12.3. The molecule has 0 radical (unpaired) electrons. The maximum Gasteiger partial charge on any atom is 0.240 e. The molecule has 0 aliphatic carbocycles. The van der Waals surface area contributed by atoms with Crippen molar-refractivity contribution in [2.24, 2.45) is 0 Å². The number of ether oxygens (including phenoxy) is 2. The van der Waals surface area contributed by atoms with E-state index in [9.17, 15) is 8.42 Å². The number of nitrogen functional groups attached to an aromatic ring is 1. The van der Waals surface area contributed by atoms with E-state index in [4.69, 9.17) is 15.2 Å². The van der Waals surface area contributed by atoms with Crippen LogP contribution in [0.2, 0.25) is 0 Å². The van der Waals surface area contributed by atoms with Crippen molar-refractivity contribution in [3.63, 3.8) is 0 Å². The zero-order chi connectivity index (χ0) is 15.4. The Morgan fingerprint density at radius 2 is 1.90 bits per heavy atom. The van der Waals surface area contributed by atoms with E-state index in [2.05, 4.69) is 4.72 Å². The van der Waals surface area contributed by atoms with Gasteiger partial charge in [0.2, 0.25) is 10.0 Å². The molecule has 0 amide bonds. The SMILES string of the molecule is CNS(=O)(=O)c1ccc(OCCOC(C)(C)C)c(N)c1. The average Bonchev–Trinajstić information content (AvgIpc) is 2.34. The first-order valence-corrected chi connectivity index (χ1v) is 7.74. The minimum Gasteiger partial charge on any atom is -0.489 e. The first kappa shape index (κ1) is 16.7. The molecule has 0 atom stereocenters. The molecule has 20 heavy (non-hydrogen) atoms. The number of rotatable bonds is 6. The number of sulfonamides is 1. The van der Waals surface area contributed by atoms with Crippen LogP contribution < -0.4 is 15.2 Å². The van der Waals surface area contributed by atoms with E-state index in [1.54, 1.807) is 0 Å². The molecule has 1 aromatic carbocycles. The van der Waals surface area contributed by atoms with Gasteiger partial charge < -0.3 is 15.2 Å². The van der Waals surface area contributed by atoms with Crippen LogP contribution in [0.4, 0.5) is 5.69 Å². The third kappa shape index (κ3) is 4.99. The van der Waals surface area contributed by atoms with Gasteiger partial charge in [0, 0.05) is 0 Å². The number of nitrogens with two attached hydrogens (primary N) is 1. The molecule has 0 aromatic heterocycles. The number of hydrogen-bond donors (Lipinski definition) is 2. The molecule has 0 bridgehead atoms. The summed E-state index contributed by atoms with van der Waals surface area (Å²) >= 11 is 0. The Hall–Kier alpha value is -1.31. The lowest BCUT2D eigenvalue weighted by atomic mass is 10.2. The van der Waals surface area contributed by atoms with Crippen molar-refractivity contribution < 1.29 is 17.9 Å². The maximum absolute atomic E-state index is 11.6. The van der Waals surface area contributed by atoms with Crippen LogP contribution in [0, 0.1) is 0 Å². The Kier molecular flexibility index (Phi) is 5.38. The monoisotopic (exact) mass is 302 g/mol. The highest BCUT2D eigenvalue weighted by molar-refractivity contribution is 7.89. The van der Waals surface area contributed by atoms with Gasteiger partial charge in [0.1, 0.15) is 12.4 Å². The van der Waals surface area contributed by atoms with E-state index in [0.29, 0.717) is 19.0 Å². The highest BCUT2D eigenvalue weighted by Gasteiger charge is 2.14. The summed E-state index contributed by atoms with van der Waals surface area (Å²) in [6.07, 6.45) is 0. The Morgan fingerprint density at radius 3 is 2.40 bits per heavy atom. The molecule has 0 unspecified atom stereocenters. The smallest absolute Gasteiger partial charge is 0.240 e. The molecule has 1 rings (SSSR count). The van der Waals surface area contributed by atoms with Gasteiger partial charge in [0.15, 0.2) is 0 Å². The van der Waals surface area contributed by atoms with E-state index < -0.39 is 10.0 Å². The molecule has 0 spiro atoms. The molecule has 0 saturated heterocycles. The van der Waals surface area contributed by atoms with Crippen LogP contribution in [0.3, 0.4) is 0 Å². The summed E-state index contributed by atoms with van der Waals surface area (Å²) in [6.45, 7) is 6.65. The topological polar surface area (TPSA) is 90.7 Å². The van der Waals surface area contributed by atoms with E-state index in [1.807, 2.05) is 20.8 Å². The third-order valence-corrected chi connectivity index (χ3v) is 3.85. The van der Waals surface area contributed by atoms with Gasteiger partial charge in [0.25, 0.3) is 0 Å². The fourth-order valence-electron chi connectivity index (χ4n) is 1.44. The van der Waals surface area contributed by atoms with Gasteiger partial charge in [-0.2, -0.15) is 0 Å². The molecule has 0 fully saturated rings. The lowest BCUT2D eigenvalue weighted by Gasteiger charge is -2.19. The van der Waals surface area contributed by atoms with Crippen LogP contribution in [-0.2, 0) is 14.8 Å². The summed E-state index contributed by atoms with van der Waals surface area (Å²) in [5.74, 6) is 0.442. The van der Waals surface area contributed by atoms with E-state index in [1.165, 1.54) is 25.2 Å². The van der Waals surface area contributed by atoms with Crippen molar-refractivity contribution in [3.05, 3.63) is 18.2 Å². The summed E-state index contributed by atoms with van der Waals surface area (Å²) in [5.41, 5.74) is 5.84. The molecule has 114 valence electrons. The van der Waals surface area contributed by atoms with Gasteiger partial charge >= 0.3 is 0 Å². The molecule has 7 heteroatoms. The van der Waals surface area contributed by atoms with Gasteiger partial charge in [-0.05, 0) is 46.0 Å². The maximum atomic E-state index is 11.6. The van der Waals surface area contributed by atoms with E-state index >= 15 is 0 Å². The van der Waals surface area contributed by atoms with Crippen LogP contribution in [0.25, 0.3) is 0 Å². The standard InChI is InChI=1S/C13H22N2O4S/c1-13(2,3)19-8-7-18-12-6-5-10(9-11(12)14)20(16,17)15-4/h5-6,9,15H,7-8,14H2,1-4H3. The quantitative estimate of drug-likeness (QED) is 0.612. The molecule has 0 saturated carbocycles. The van der Waals surface area contributed by atoms with Gasteiger partial charge in [0.05, 0.1) is 22.8 Å². The number of benzene rings is 1. The summed E-state index contributed by atoms with van der Waals surface area (Å²) in [5, 5.41) is 0.